The highest BCUT2D eigenvalue weighted by Crippen LogP contribution is 2.12. The van der Waals surface area contributed by atoms with E-state index in [-0.39, 0.29) is 12.1 Å². The van der Waals surface area contributed by atoms with E-state index in [4.69, 9.17) is 4.74 Å². The number of anilines is 1. The lowest BCUT2D eigenvalue weighted by Gasteiger charge is -2.09. The van der Waals surface area contributed by atoms with Gasteiger partial charge in [0.05, 0.1) is 19.2 Å². The molecule has 0 saturated heterocycles. The number of methoxy groups -OCH3 is 1. The topological polar surface area (TPSA) is 79.5 Å². The number of hydrogen-bond acceptors (Lipinski definition) is 3. The van der Waals surface area contributed by atoms with Crippen molar-refractivity contribution in [1.82, 2.24) is 10.9 Å². The number of rotatable bonds is 4. The molecule has 23 heavy (non-hydrogen) atoms. The zero-order valence-electron chi connectivity index (χ0n) is 12.4. The number of halogens is 1. The third kappa shape index (κ3) is 4.99. The predicted molar refractivity (Wildman–Crippen MR) is 83.4 cm³/mol. The Balaban J connectivity index is 1.79. The minimum absolute atomic E-state index is 0.0226. The second-order valence-corrected chi connectivity index (χ2v) is 4.63. The number of ether oxygens (including phenoxy) is 1. The van der Waals surface area contributed by atoms with E-state index in [1.165, 1.54) is 18.2 Å². The first-order valence-corrected chi connectivity index (χ1v) is 6.82. The van der Waals surface area contributed by atoms with Gasteiger partial charge in [0.2, 0.25) is 5.91 Å². The van der Waals surface area contributed by atoms with Gasteiger partial charge >= 0.3 is 6.03 Å². The number of nitrogens with one attached hydrogen (secondary N) is 3. The van der Waals surface area contributed by atoms with Crippen molar-refractivity contribution in [3.8, 4) is 5.75 Å². The molecule has 0 aliphatic heterocycles. The molecule has 0 heterocycles. The summed E-state index contributed by atoms with van der Waals surface area (Å²) in [6, 6.07) is 12.0. The molecule has 0 atom stereocenters. The molecule has 120 valence electrons. The zero-order chi connectivity index (χ0) is 16.7. The molecule has 0 unspecified atom stereocenters. The van der Waals surface area contributed by atoms with Gasteiger partial charge < -0.3 is 10.1 Å². The number of urea groups is 1. The molecule has 0 aliphatic carbocycles. The molecule has 7 heteroatoms. The summed E-state index contributed by atoms with van der Waals surface area (Å²) in [5, 5.41) is 2.29. The summed E-state index contributed by atoms with van der Waals surface area (Å²) in [5.74, 6) is -0.275. The Morgan fingerprint density at radius 1 is 1.04 bits per heavy atom. The van der Waals surface area contributed by atoms with Crippen molar-refractivity contribution in [2.45, 2.75) is 6.42 Å². The van der Waals surface area contributed by atoms with Crippen molar-refractivity contribution < 1.29 is 18.7 Å². The smallest absolute Gasteiger partial charge is 0.338 e. The quantitative estimate of drug-likeness (QED) is 0.757. The predicted octanol–water partition coefficient (Wildman–Crippen LogP) is 2.23. The molecule has 2 rings (SSSR count). The summed E-state index contributed by atoms with van der Waals surface area (Å²) < 4.78 is 18.4. The Kier molecular flexibility index (Phi) is 5.51. The molecule has 2 aromatic carbocycles. The second-order valence-electron chi connectivity index (χ2n) is 4.63. The van der Waals surface area contributed by atoms with Crippen LogP contribution in [-0.2, 0) is 11.2 Å². The van der Waals surface area contributed by atoms with Gasteiger partial charge in [-0.05, 0) is 29.8 Å². The first kappa shape index (κ1) is 16.3. The van der Waals surface area contributed by atoms with Crippen LogP contribution in [0, 0.1) is 5.82 Å². The highest BCUT2D eigenvalue weighted by atomic mass is 19.1. The molecule has 2 aromatic rings. The fraction of sp³-hybridized carbons (Fsp3) is 0.125. The van der Waals surface area contributed by atoms with Crippen molar-refractivity contribution in [2.75, 3.05) is 12.4 Å². The Bertz CT molecular complexity index is 689. The van der Waals surface area contributed by atoms with E-state index in [2.05, 4.69) is 16.2 Å². The van der Waals surface area contributed by atoms with E-state index in [0.29, 0.717) is 5.75 Å². The third-order valence-corrected chi connectivity index (χ3v) is 2.96. The van der Waals surface area contributed by atoms with Crippen LogP contribution in [0.25, 0.3) is 0 Å². The van der Waals surface area contributed by atoms with Crippen LogP contribution in [-0.4, -0.2) is 19.0 Å². The minimum atomic E-state index is -0.738. The molecule has 6 nitrogen and oxygen atoms in total. The average Bonchev–Trinajstić information content (AvgIpc) is 2.56. The van der Waals surface area contributed by atoms with E-state index in [9.17, 15) is 14.0 Å². The lowest BCUT2D eigenvalue weighted by atomic mass is 10.1. The van der Waals surface area contributed by atoms with Gasteiger partial charge in [-0.15, -0.1) is 0 Å². The monoisotopic (exact) mass is 317 g/mol. The van der Waals surface area contributed by atoms with Crippen LogP contribution < -0.4 is 20.9 Å². The summed E-state index contributed by atoms with van der Waals surface area (Å²) in [6.07, 6.45) is 0.0873. The van der Waals surface area contributed by atoms with Gasteiger partial charge in [-0.2, -0.15) is 0 Å². The maximum Gasteiger partial charge on any atom is 0.338 e. The minimum Gasteiger partial charge on any atom is -0.497 e. The van der Waals surface area contributed by atoms with Crippen molar-refractivity contribution in [3.63, 3.8) is 0 Å². The lowest BCUT2D eigenvalue weighted by Crippen LogP contribution is -2.44. The van der Waals surface area contributed by atoms with E-state index in [1.807, 2.05) is 0 Å². The zero-order valence-corrected chi connectivity index (χ0v) is 12.4. The number of amides is 3. The highest BCUT2D eigenvalue weighted by Gasteiger charge is 2.08. The number of hydrogen-bond donors (Lipinski definition) is 3. The molecule has 0 saturated carbocycles. The fourth-order valence-corrected chi connectivity index (χ4v) is 1.82. The van der Waals surface area contributed by atoms with Gasteiger partial charge in [0.1, 0.15) is 11.6 Å². The molecule has 3 amide bonds. The normalized spacial score (nSPS) is 9.83. The number of carbonyl (C=O) groups excluding carboxylic acids is 2. The SMILES string of the molecule is COc1ccc(CC(=O)NNC(=O)Nc2ccccc2F)cc1. The number of benzene rings is 2. The van der Waals surface area contributed by atoms with E-state index >= 15 is 0 Å². The van der Waals surface area contributed by atoms with Crippen molar-refractivity contribution in [3.05, 3.63) is 59.9 Å². The van der Waals surface area contributed by atoms with Crippen LogP contribution in [0.5, 0.6) is 5.75 Å². The van der Waals surface area contributed by atoms with Crippen LogP contribution in [0.3, 0.4) is 0 Å². The number of para-hydroxylation sites is 1. The second kappa shape index (κ2) is 7.79. The number of hydrazine groups is 1. The molecule has 0 radical (unpaired) electrons. The summed E-state index contributed by atoms with van der Waals surface area (Å²) in [6.45, 7) is 0. The molecule has 0 fully saturated rings. The van der Waals surface area contributed by atoms with E-state index < -0.39 is 17.8 Å². The standard InChI is InChI=1S/C16H16FN3O3/c1-23-12-8-6-11(7-9-12)10-15(21)19-20-16(22)18-14-5-3-2-4-13(14)17/h2-9H,10H2,1H3,(H,19,21)(H2,18,20,22). The Labute approximate surface area is 132 Å². The Morgan fingerprint density at radius 3 is 2.39 bits per heavy atom. The third-order valence-electron chi connectivity index (χ3n) is 2.96. The van der Waals surface area contributed by atoms with Crippen molar-refractivity contribution in [2.24, 2.45) is 0 Å². The maximum atomic E-state index is 13.4. The molecule has 0 aromatic heterocycles. The van der Waals surface area contributed by atoms with Crippen molar-refractivity contribution in [1.29, 1.82) is 0 Å². The van der Waals surface area contributed by atoms with Crippen LogP contribution in [0.2, 0.25) is 0 Å². The molecule has 0 spiro atoms. The Morgan fingerprint density at radius 2 is 1.74 bits per heavy atom. The largest absolute Gasteiger partial charge is 0.497 e. The van der Waals surface area contributed by atoms with Crippen LogP contribution in [0.4, 0.5) is 14.9 Å². The fourth-order valence-electron chi connectivity index (χ4n) is 1.82. The van der Waals surface area contributed by atoms with Gasteiger partial charge in [-0.3, -0.25) is 10.2 Å². The first-order chi connectivity index (χ1) is 11.1. The van der Waals surface area contributed by atoms with Gasteiger partial charge in [0.25, 0.3) is 0 Å². The van der Waals surface area contributed by atoms with E-state index in [1.54, 1.807) is 37.4 Å². The summed E-state index contributed by atoms with van der Waals surface area (Å²) in [7, 11) is 1.56. The molecular formula is C16H16FN3O3. The van der Waals surface area contributed by atoms with Gasteiger partial charge in [-0.1, -0.05) is 24.3 Å². The summed E-state index contributed by atoms with van der Waals surface area (Å²) >= 11 is 0. The van der Waals surface area contributed by atoms with Crippen LogP contribution >= 0.6 is 0 Å². The number of carbonyl (C=O) groups is 2. The van der Waals surface area contributed by atoms with Crippen LogP contribution in [0.1, 0.15) is 5.56 Å². The lowest BCUT2D eigenvalue weighted by molar-refractivity contribution is -0.121. The molecule has 0 bridgehead atoms. The van der Waals surface area contributed by atoms with E-state index in [0.717, 1.165) is 5.56 Å². The highest BCUT2D eigenvalue weighted by molar-refractivity contribution is 5.91. The Hall–Kier alpha value is -3.09. The van der Waals surface area contributed by atoms with Gasteiger partial charge in [0, 0.05) is 0 Å². The molecular weight excluding hydrogens is 301 g/mol. The molecule has 0 aliphatic rings. The van der Waals surface area contributed by atoms with Crippen LogP contribution in [0.15, 0.2) is 48.5 Å². The van der Waals surface area contributed by atoms with Crippen molar-refractivity contribution >= 4 is 17.6 Å². The average molecular weight is 317 g/mol. The first-order valence-electron chi connectivity index (χ1n) is 6.82. The summed E-state index contributed by atoms with van der Waals surface area (Å²) in [4.78, 5) is 23.3. The maximum absolute atomic E-state index is 13.4. The summed E-state index contributed by atoms with van der Waals surface area (Å²) in [5.41, 5.74) is 5.19. The molecule has 3 N–H and O–H groups in total. The van der Waals surface area contributed by atoms with Gasteiger partial charge in [0.15, 0.2) is 0 Å². The van der Waals surface area contributed by atoms with Gasteiger partial charge in [-0.25, -0.2) is 14.6 Å².